The van der Waals surface area contributed by atoms with Crippen LogP contribution in [0.25, 0.3) is 0 Å². The van der Waals surface area contributed by atoms with E-state index in [1.54, 1.807) is 30.5 Å². The molecule has 25 heavy (non-hydrogen) atoms. The topological polar surface area (TPSA) is 54.0 Å². The van der Waals surface area contributed by atoms with Gasteiger partial charge >= 0.3 is 0 Å². The van der Waals surface area contributed by atoms with Crippen LogP contribution in [0.3, 0.4) is 0 Å². The van der Waals surface area contributed by atoms with Crippen molar-refractivity contribution < 1.29 is 4.79 Å². The van der Waals surface area contributed by atoms with E-state index in [1.807, 2.05) is 30.3 Å². The van der Waals surface area contributed by atoms with Gasteiger partial charge in [-0.25, -0.2) is 0 Å². The molecule has 0 bridgehead atoms. The molecule has 0 aliphatic carbocycles. The van der Waals surface area contributed by atoms with Crippen molar-refractivity contribution in [2.24, 2.45) is 0 Å². The largest absolute Gasteiger partial charge is 0.354 e. The number of amides is 1. The molecule has 0 unspecified atom stereocenters. The number of hydrogen-bond acceptors (Lipinski definition) is 3. The molecule has 4 nitrogen and oxygen atoms in total. The van der Waals surface area contributed by atoms with Gasteiger partial charge in [-0.1, -0.05) is 53.5 Å². The van der Waals surface area contributed by atoms with Gasteiger partial charge in [-0.05, 0) is 29.8 Å². The lowest BCUT2D eigenvalue weighted by Gasteiger charge is -2.09. The van der Waals surface area contributed by atoms with Gasteiger partial charge in [0.1, 0.15) is 0 Å². The van der Waals surface area contributed by atoms with Crippen molar-refractivity contribution in [2.75, 3.05) is 5.32 Å². The van der Waals surface area contributed by atoms with Gasteiger partial charge in [0, 0.05) is 28.5 Å². The molecule has 1 heterocycles. The minimum absolute atomic E-state index is 0.191. The number of rotatable bonds is 5. The number of carbonyl (C=O) groups excluding carboxylic acids is 1. The van der Waals surface area contributed by atoms with E-state index >= 15 is 0 Å². The molecule has 0 atom stereocenters. The second-order valence-electron chi connectivity index (χ2n) is 5.41. The summed E-state index contributed by atoms with van der Waals surface area (Å²) in [7, 11) is 0. The monoisotopic (exact) mass is 371 g/mol. The summed E-state index contributed by atoms with van der Waals surface area (Å²) in [5.74, 6) is -0.191. The molecule has 0 spiro atoms. The molecule has 6 heteroatoms. The minimum Gasteiger partial charge on any atom is -0.354 e. The lowest BCUT2D eigenvalue weighted by molar-refractivity contribution is 0.0950. The van der Waals surface area contributed by atoms with Crippen molar-refractivity contribution in [3.8, 4) is 0 Å². The van der Waals surface area contributed by atoms with Crippen LogP contribution in [0.5, 0.6) is 0 Å². The Morgan fingerprint density at radius 2 is 1.64 bits per heavy atom. The van der Waals surface area contributed by atoms with Gasteiger partial charge in [0.15, 0.2) is 0 Å². The second-order valence-corrected chi connectivity index (χ2v) is 6.29. The zero-order chi connectivity index (χ0) is 17.6. The summed E-state index contributed by atoms with van der Waals surface area (Å²) in [6, 6.07) is 16.6. The lowest BCUT2D eigenvalue weighted by Crippen LogP contribution is -2.22. The van der Waals surface area contributed by atoms with Crippen LogP contribution in [0.2, 0.25) is 10.0 Å². The van der Waals surface area contributed by atoms with Crippen molar-refractivity contribution in [3.63, 3.8) is 0 Å². The average Bonchev–Trinajstić information content (AvgIpc) is 2.60. The van der Waals surface area contributed by atoms with E-state index in [1.165, 1.54) is 6.20 Å². The van der Waals surface area contributed by atoms with Crippen molar-refractivity contribution in [2.45, 2.75) is 6.54 Å². The Morgan fingerprint density at radius 3 is 2.36 bits per heavy atom. The summed E-state index contributed by atoms with van der Waals surface area (Å²) in [5, 5.41) is 7.07. The first kappa shape index (κ1) is 17.3. The van der Waals surface area contributed by atoms with Crippen LogP contribution in [-0.2, 0) is 6.54 Å². The van der Waals surface area contributed by atoms with Crippen LogP contribution in [-0.4, -0.2) is 10.9 Å². The standard InChI is InChI=1S/C19H15Cl2N3O/c20-15-7-16(21)9-17(8-15)24-18-6-14(11-22-12-18)19(25)23-10-13-4-2-1-3-5-13/h1-9,11-12,24H,10H2,(H,23,25). The van der Waals surface area contributed by atoms with Crippen molar-refractivity contribution in [1.29, 1.82) is 0 Å². The van der Waals surface area contributed by atoms with E-state index in [4.69, 9.17) is 23.2 Å². The molecule has 0 aliphatic rings. The zero-order valence-corrected chi connectivity index (χ0v) is 14.7. The van der Waals surface area contributed by atoms with Crippen LogP contribution >= 0.6 is 23.2 Å². The zero-order valence-electron chi connectivity index (χ0n) is 13.2. The number of anilines is 2. The van der Waals surface area contributed by atoms with Crippen LogP contribution in [0, 0.1) is 0 Å². The van der Waals surface area contributed by atoms with Crippen molar-refractivity contribution in [3.05, 3.63) is 88.2 Å². The van der Waals surface area contributed by atoms with Crippen LogP contribution in [0.15, 0.2) is 67.0 Å². The highest BCUT2D eigenvalue weighted by Crippen LogP contribution is 2.25. The summed E-state index contributed by atoms with van der Waals surface area (Å²) in [4.78, 5) is 16.4. The Bertz CT molecular complexity index is 865. The summed E-state index contributed by atoms with van der Waals surface area (Å²) in [5.41, 5.74) is 2.90. The fourth-order valence-corrected chi connectivity index (χ4v) is 2.83. The van der Waals surface area contributed by atoms with Gasteiger partial charge in [0.25, 0.3) is 5.91 Å². The number of nitrogens with zero attached hydrogens (tertiary/aromatic N) is 1. The number of benzene rings is 2. The number of aromatic nitrogens is 1. The van der Waals surface area contributed by atoms with Gasteiger partial charge in [0.2, 0.25) is 0 Å². The van der Waals surface area contributed by atoms with Gasteiger partial charge < -0.3 is 10.6 Å². The molecule has 0 aliphatic heterocycles. The van der Waals surface area contributed by atoms with Crippen molar-refractivity contribution >= 4 is 40.5 Å². The molecule has 0 saturated heterocycles. The van der Waals surface area contributed by atoms with E-state index in [2.05, 4.69) is 15.6 Å². The highest BCUT2D eigenvalue weighted by molar-refractivity contribution is 6.35. The Morgan fingerprint density at radius 1 is 0.920 bits per heavy atom. The molecule has 1 aromatic heterocycles. The Balaban J connectivity index is 1.69. The molecular formula is C19H15Cl2N3O. The van der Waals surface area contributed by atoms with Crippen molar-refractivity contribution in [1.82, 2.24) is 10.3 Å². The Kier molecular flexibility index (Phi) is 5.53. The molecule has 1 amide bonds. The third kappa shape index (κ3) is 4.95. The maximum absolute atomic E-state index is 12.3. The molecular weight excluding hydrogens is 357 g/mol. The SMILES string of the molecule is O=C(NCc1ccccc1)c1cncc(Nc2cc(Cl)cc(Cl)c2)c1. The minimum atomic E-state index is -0.191. The Hall–Kier alpha value is -2.56. The fourth-order valence-electron chi connectivity index (χ4n) is 2.31. The van der Waals surface area contributed by atoms with E-state index in [0.717, 1.165) is 11.3 Å². The number of nitrogens with one attached hydrogen (secondary N) is 2. The van der Waals surface area contributed by atoms with Gasteiger partial charge in [-0.2, -0.15) is 0 Å². The first-order valence-corrected chi connectivity index (χ1v) is 8.36. The molecule has 0 radical (unpaired) electrons. The summed E-state index contributed by atoms with van der Waals surface area (Å²) >= 11 is 12.0. The third-order valence-corrected chi connectivity index (χ3v) is 3.88. The van der Waals surface area contributed by atoms with Gasteiger partial charge in [-0.15, -0.1) is 0 Å². The number of carbonyl (C=O) groups is 1. The second kappa shape index (κ2) is 8.01. The van der Waals surface area contributed by atoms with E-state index < -0.39 is 0 Å². The quantitative estimate of drug-likeness (QED) is 0.658. The molecule has 126 valence electrons. The first-order valence-electron chi connectivity index (χ1n) is 7.60. The molecule has 2 aromatic carbocycles. The predicted octanol–water partition coefficient (Wildman–Crippen LogP) is 5.06. The third-order valence-electron chi connectivity index (χ3n) is 3.45. The van der Waals surface area contributed by atoms with E-state index in [0.29, 0.717) is 27.8 Å². The first-order chi connectivity index (χ1) is 12.1. The summed E-state index contributed by atoms with van der Waals surface area (Å²) < 4.78 is 0. The fraction of sp³-hybridized carbons (Fsp3) is 0.0526. The van der Waals surface area contributed by atoms with Crippen LogP contribution in [0.4, 0.5) is 11.4 Å². The highest BCUT2D eigenvalue weighted by Gasteiger charge is 2.07. The predicted molar refractivity (Wildman–Crippen MR) is 102 cm³/mol. The van der Waals surface area contributed by atoms with E-state index in [-0.39, 0.29) is 5.91 Å². The molecule has 3 aromatic rings. The smallest absolute Gasteiger partial charge is 0.253 e. The average molecular weight is 372 g/mol. The van der Waals surface area contributed by atoms with Gasteiger partial charge in [-0.3, -0.25) is 9.78 Å². The number of pyridine rings is 1. The maximum atomic E-state index is 12.3. The van der Waals surface area contributed by atoms with Crippen LogP contribution in [0.1, 0.15) is 15.9 Å². The Labute approximate surface area is 155 Å². The summed E-state index contributed by atoms with van der Waals surface area (Å²) in [6.45, 7) is 0.460. The van der Waals surface area contributed by atoms with Crippen LogP contribution < -0.4 is 10.6 Å². The molecule has 0 saturated carbocycles. The maximum Gasteiger partial charge on any atom is 0.253 e. The van der Waals surface area contributed by atoms with E-state index in [9.17, 15) is 4.79 Å². The molecule has 0 fully saturated rings. The van der Waals surface area contributed by atoms with Gasteiger partial charge in [0.05, 0.1) is 17.4 Å². The number of halogens is 2. The molecule has 3 rings (SSSR count). The normalized spacial score (nSPS) is 10.3. The molecule has 2 N–H and O–H groups in total. The lowest BCUT2D eigenvalue weighted by atomic mass is 10.2. The highest BCUT2D eigenvalue weighted by atomic mass is 35.5. The number of hydrogen-bond donors (Lipinski definition) is 2. The summed E-state index contributed by atoms with van der Waals surface area (Å²) in [6.07, 6.45) is 3.15.